The van der Waals surface area contributed by atoms with Gasteiger partial charge in [-0.2, -0.15) is 10.1 Å². The number of H-pyrrole nitrogens is 1. The quantitative estimate of drug-likeness (QED) is 0.554. The smallest absolute Gasteiger partial charge is 0.240 e. The fraction of sp³-hybridized carbons (Fsp3) is 0.222. The molecular weight excluding hydrogens is 323 g/mol. The van der Waals surface area contributed by atoms with E-state index in [1.165, 1.54) is 6.08 Å². The molecule has 1 aromatic heterocycles. The molecule has 3 aromatic rings. The molecule has 0 aliphatic carbocycles. The highest BCUT2D eigenvalue weighted by molar-refractivity contribution is 5.93. The molecule has 3 N–H and O–H groups in total. The van der Waals surface area contributed by atoms with Crippen molar-refractivity contribution in [1.29, 1.82) is 0 Å². The van der Waals surface area contributed by atoms with Crippen molar-refractivity contribution in [1.82, 2.24) is 10.2 Å². The zero-order valence-electron chi connectivity index (χ0n) is 14.1. The molecule has 0 spiro atoms. The van der Waals surface area contributed by atoms with Crippen molar-refractivity contribution in [3.8, 4) is 16.9 Å². The maximum absolute atomic E-state index is 14.9. The molecular formula is C18H17FN4O2. The van der Waals surface area contributed by atoms with Gasteiger partial charge in [0.2, 0.25) is 6.08 Å². The summed E-state index contributed by atoms with van der Waals surface area (Å²) in [4.78, 5) is 14.5. The highest BCUT2D eigenvalue weighted by Crippen LogP contribution is 2.38. The molecule has 0 saturated heterocycles. The number of nitrogens with one attached hydrogen (secondary N) is 1. The summed E-state index contributed by atoms with van der Waals surface area (Å²) in [6, 6.07) is 8.18. The van der Waals surface area contributed by atoms with E-state index in [1.54, 1.807) is 30.3 Å². The number of aromatic amines is 1. The van der Waals surface area contributed by atoms with Crippen LogP contribution in [0.4, 0.5) is 15.9 Å². The molecule has 0 atom stereocenters. The zero-order chi connectivity index (χ0) is 18.2. The molecule has 0 saturated carbocycles. The predicted molar refractivity (Wildman–Crippen MR) is 94.1 cm³/mol. The minimum absolute atomic E-state index is 0.200. The summed E-state index contributed by atoms with van der Waals surface area (Å²) in [7, 11) is 0. The normalized spacial score (nSPS) is 11.4. The number of isocyanates is 1. The fourth-order valence-corrected chi connectivity index (χ4v) is 2.58. The Morgan fingerprint density at radius 2 is 1.96 bits per heavy atom. The summed E-state index contributed by atoms with van der Waals surface area (Å²) in [6.45, 7) is 5.71. The van der Waals surface area contributed by atoms with Crippen molar-refractivity contribution in [2.45, 2.75) is 26.4 Å². The number of anilines is 1. The molecule has 7 heteroatoms. The van der Waals surface area contributed by atoms with E-state index in [0.717, 1.165) is 0 Å². The maximum atomic E-state index is 14.9. The van der Waals surface area contributed by atoms with Crippen molar-refractivity contribution in [3.05, 3.63) is 36.1 Å². The zero-order valence-corrected chi connectivity index (χ0v) is 14.1. The highest BCUT2D eigenvalue weighted by atomic mass is 19.1. The van der Waals surface area contributed by atoms with Gasteiger partial charge in [-0.3, -0.25) is 5.10 Å². The Morgan fingerprint density at radius 1 is 1.24 bits per heavy atom. The van der Waals surface area contributed by atoms with Crippen molar-refractivity contribution in [3.63, 3.8) is 0 Å². The van der Waals surface area contributed by atoms with E-state index in [1.807, 2.05) is 20.8 Å². The number of aromatic nitrogens is 2. The number of benzene rings is 2. The second-order valence-electron chi connectivity index (χ2n) is 6.55. The van der Waals surface area contributed by atoms with Crippen LogP contribution in [0.1, 0.15) is 20.8 Å². The number of nitrogens with two attached hydrogens (primary N) is 1. The van der Waals surface area contributed by atoms with Gasteiger partial charge in [0, 0.05) is 22.6 Å². The lowest BCUT2D eigenvalue weighted by molar-refractivity contribution is 0.131. The van der Waals surface area contributed by atoms with Crippen LogP contribution in [0.5, 0.6) is 5.75 Å². The first-order valence-corrected chi connectivity index (χ1v) is 7.63. The lowest BCUT2D eigenvalue weighted by atomic mass is 10.0. The number of hydrogen-bond acceptors (Lipinski definition) is 5. The lowest BCUT2D eigenvalue weighted by Crippen LogP contribution is -2.22. The molecule has 0 radical (unpaired) electrons. The molecule has 3 rings (SSSR count). The van der Waals surface area contributed by atoms with E-state index in [9.17, 15) is 9.18 Å². The number of aliphatic imine (C=N–C) groups is 1. The Bertz CT molecular complexity index is 998. The molecule has 0 aliphatic rings. The Hall–Kier alpha value is -3.18. The lowest BCUT2D eigenvalue weighted by Gasteiger charge is -2.21. The Morgan fingerprint density at radius 3 is 2.64 bits per heavy atom. The number of nitrogens with zero attached hydrogens (tertiary/aromatic N) is 2. The van der Waals surface area contributed by atoms with E-state index >= 15 is 0 Å². The topological polar surface area (TPSA) is 93.4 Å². The summed E-state index contributed by atoms with van der Waals surface area (Å²) in [5.74, 6) is 0.228. The van der Waals surface area contributed by atoms with E-state index in [0.29, 0.717) is 16.7 Å². The van der Waals surface area contributed by atoms with Crippen molar-refractivity contribution >= 4 is 28.5 Å². The largest absolute Gasteiger partial charge is 0.488 e. The van der Waals surface area contributed by atoms with E-state index in [-0.39, 0.29) is 22.6 Å². The summed E-state index contributed by atoms with van der Waals surface area (Å²) in [6.07, 6.45) is 1.50. The number of fused-ring (bicyclic) bond motifs is 1. The number of ether oxygens (including phenoxy) is 1. The molecule has 0 aliphatic heterocycles. The standard InChI is InChI=1S/C18H17FN4O2/c1-18(2,3)25-10-4-5-11(14(8-10)21-9-24)12-6-7-13-16(15(12)19)22-23-17(13)20/h4-8H,1-3H3,(H3,20,22,23). The monoisotopic (exact) mass is 340 g/mol. The van der Waals surface area contributed by atoms with Gasteiger partial charge >= 0.3 is 0 Å². The number of nitrogen functional groups attached to an aromatic ring is 1. The molecule has 0 fully saturated rings. The summed E-state index contributed by atoms with van der Waals surface area (Å²) in [5, 5.41) is 6.88. The van der Waals surface area contributed by atoms with Crippen molar-refractivity contribution in [2.75, 3.05) is 5.73 Å². The first kappa shape index (κ1) is 16.7. The molecule has 25 heavy (non-hydrogen) atoms. The van der Waals surface area contributed by atoms with Crippen LogP contribution in [0, 0.1) is 5.82 Å². The SMILES string of the molecule is CC(C)(C)Oc1ccc(-c2ccc3c(N)n[nH]c3c2F)c(N=C=O)c1. The van der Waals surface area contributed by atoms with Crippen LogP contribution in [0.25, 0.3) is 22.0 Å². The molecule has 0 amide bonds. The minimum Gasteiger partial charge on any atom is -0.488 e. The Balaban J connectivity index is 2.16. The van der Waals surface area contributed by atoms with Crippen LogP contribution in [0.3, 0.4) is 0 Å². The van der Waals surface area contributed by atoms with Crippen LogP contribution in [-0.2, 0) is 4.79 Å². The summed E-state index contributed by atoms with van der Waals surface area (Å²) in [5.41, 5.74) is 6.46. The van der Waals surface area contributed by atoms with Gasteiger partial charge in [0.05, 0.1) is 5.69 Å². The van der Waals surface area contributed by atoms with Gasteiger partial charge in [-0.15, -0.1) is 0 Å². The van der Waals surface area contributed by atoms with Crippen molar-refractivity contribution < 1.29 is 13.9 Å². The van der Waals surface area contributed by atoms with Gasteiger partial charge in [-0.1, -0.05) is 6.07 Å². The van der Waals surface area contributed by atoms with Crippen LogP contribution >= 0.6 is 0 Å². The van der Waals surface area contributed by atoms with E-state index in [4.69, 9.17) is 10.5 Å². The van der Waals surface area contributed by atoms with Crippen LogP contribution < -0.4 is 10.5 Å². The second-order valence-corrected chi connectivity index (χ2v) is 6.55. The number of rotatable bonds is 3. The first-order valence-electron chi connectivity index (χ1n) is 7.63. The van der Waals surface area contributed by atoms with Gasteiger partial charge in [-0.05, 0) is 39.0 Å². The number of hydrogen-bond donors (Lipinski definition) is 2. The highest BCUT2D eigenvalue weighted by Gasteiger charge is 2.18. The molecule has 0 bridgehead atoms. The minimum atomic E-state index is -0.520. The Labute approximate surface area is 143 Å². The van der Waals surface area contributed by atoms with Crippen LogP contribution in [0.2, 0.25) is 0 Å². The molecule has 128 valence electrons. The third-order valence-corrected chi connectivity index (χ3v) is 3.56. The predicted octanol–water partition coefficient (Wildman–Crippen LogP) is 4.10. The number of halogens is 1. The van der Waals surface area contributed by atoms with Gasteiger partial charge in [-0.25, -0.2) is 9.18 Å². The average molecular weight is 340 g/mol. The second kappa shape index (κ2) is 6.03. The molecule has 2 aromatic carbocycles. The Kier molecular flexibility index (Phi) is 4.02. The summed E-state index contributed by atoms with van der Waals surface area (Å²) >= 11 is 0. The van der Waals surface area contributed by atoms with E-state index in [2.05, 4.69) is 15.2 Å². The van der Waals surface area contributed by atoms with Crippen molar-refractivity contribution in [2.24, 2.45) is 4.99 Å². The van der Waals surface area contributed by atoms with Gasteiger partial charge < -0.3 is 10.5 Å². The molecule has 6 nitrogen and oxygen atoms in total. The molecule has 1 heterocycles. The molecule has 0 unspecified atom stereocenters. The van der Waals surface area contributed by atoms with Crippen LogP contribution in [0.15, 0.2) is 35.3 Å². The third kappa shape index (κ3) is 3.22. The third-order valence-electron chi connectivity index (χ3n) is 3.56. The van der Waals surface area contributed by atoms with E-state index < -0.39 is 11.4 Å². The first-order chi connectivity index (χ1) is 11.8. The van der Waals surface area contributed by atoms with Gasteiger partial charge in [0.15, 0.2) is 11.6 Å². The average Bonchev–Trinajstić information content (AvgIpc) is 2.90. The maximum Gasteiger partial charge on any atom is 0.240 e. The fourth-order valence-electron chi connectivity index (χ4n) is 2.58. The number of carbonyl (C=O) groups excluding carboxylic acids is 1. The van der Waals surface area contributed by atoms with Gasteiger partial charge in [0.25, 0.3) is 0 Å². The van der Waals surface area contributed by atoms with Gasteiger partial charge in [0.1, 0.15) is 16.9 Å². The summed E-state index contributed by atoms with van der Waals surface area (Å²) < 4.78 is 20.6. The van der Waals surface area contributed by atoms with Crippen LogP contribution in [-0.4, -0.2) is 21.9 Å².